The van der Waals surface area contributed by atoms with Gasteiger partial charge >= 0.3 is 0 Å². The van der Waals surface area contributed by atoms with Gasteiger partial charge in [0.15, 0.2) is 0 Å². The molecule has 0 fully saturated rings. The van der Waals surface area contributed by atoms with Crippen molar-refractivity contribution in [2.75, 3.05) is 14.2 Å². The molecule has 1 N–H and O–H groups in total. The molecule has 0 aliphatic carbocycles. The Labute approximate surface area is 116 Å². The van der Waals surface area contributed by atoms with E-state index in [2.05, 4.69) is 5.16 Å². The van der Waals surface area contributed by atoms with Gasteiger partial charge in [0.25, 0.3) is 5.91 Å². The number of rotatable bonds is 4. The quantitative estimate of drug-likeness (QED) is 0.924. The van der Waals surface area contributed by atoms with Crippen molar-refractivity contribution in [2.45, 2.75) is 13.5 Å². The molecule has 6 heteroatoms. The molecule has 2 rings (SSSR count). The molecule has 0 aliphatic rings. The van der Waals surface area contributed by atoms with Gasteiger partial charge in [0.1, 0.15) is 23.0 Å². The second kappa shape index (κ2) is 5.64. The number of methoxy groups -OCH3 is 1. The number of nitrogens with zero attached hydrogens (tertiary/aromatic N) is 2. The number of carbonyl (C=O) groups is 1. The van der Waals surface area contributed by atoms with E-state index in [1.165, 1.54) is 24.1 Å². The molecule has 0 aliphatic heterocycles. The molecule has 0 spiro atoms. The molecule has 20 heavy (non-hydrogen) atoms. The number of benzene rings is 1. The summed E-state index contributed by atoms with van der Waals surface area (Å²) in [6.45, 7) is 2.09. The van der Waals surface area contributed by atoms with E-state index in [9.17, 15) is 9.90 Å². The van der Waals surface area contributed by atoms with Crippen LogP contribution in [0.15, 0.2) is 28.8 Å². The highest BCUT2D eigenvalue weighted by Crippen LogP contribution is 2.24. The predicted octanol–water partition coefficient (Wildman–Crippen LogP) is 1.97. The van der Waals surface area contributed by atoms with Gasteiger partial charge in [0, 0.05) is 19.2 Å². The van der Waals surface area contributed by atoms with Crippen molar-refractivity contribution >= 4 is 5.91 Å². The zero-order valence-electron chi connectivity index (χ0n) is 11.6. The summed E-state index contributed by atoms with van der Waals surface area (Å²) in [5.74, 6) is 0.769. The third-order valence-electron chi connectivity index (χ3n) is 2.86. The first-order valence-electron chi connectivity index (χ1n) is 6.06. The standard InChI is InChI=1S/C14H16N2O4/c1-9-6-10(15-20-9)8-16(2)14(18)12-5-4-11(19-3)7-13(12)17/h4-7,17H,8H2,1-3H3. The number of carbonyl (C=O) groups excluding carboxylic acids is 1. The fourth-order valence-corrected chi connectivity index (χ4v) is 1.83. The smallest absolute Gasteiger partial charge is 0.257 e. The molecule has 6 nitrogen and oxygen atoms in total. The minimum atomic E-state index is -0.300. The topological polar surface area (TPSA) is 75.8 Å². The van der Waals surface area contributed by atoms with Crippen LogP contribution in [-0.4, -0.2) is 35.2 Å². The van der Waals surface area contributed by atoms with E-state index in [0.717, 1.165) is 0 Å². The van der Waals surface area contributed by atoms with Crippen molar-refractivity contribution in [3.05, 3.63) is 41.3 Å². The largest absolute Gasteiger partial charge is 0.507 e. The summed E-state index contributed by atoms with van der Waals surface area (Å²) < 4.78 is 9.93. The molecule has 1 heterocycles. The normalized spacial score (nSPS) is 10.3. The maximum atomic E-state index is 12.2. The maximum absolute atomic E-state index is 12.2. The molecule has 1 amide bonds. The molecule has 1 aromatic heterocycles. The van der Waals surface area contributed by atoms with Gasteiger partial charge in [-0.05, 0) is 19.1 Å². The summed E-state index contributed by atoms with van der Waals surface area (Å²) >= 11 is 0. The molecule has 0 saturated heterocycles. The van der Waals surface area contributed by atoms with Crippen LogP contribution in [-0.2, 0) is 6.54 Å². The van der Waals surface area contributed by atoms with Crippen LogP contribution in [0.2, 0.25) is 0 Å². The summed E-state index contributed by atoms with van der Waals surface area (Å²) in [6.07, 6.45) is 0. The highest BCUT2D eigenvalue weighted by atomic mass is 16.5. The van der Waals surface area contributed by atoms with Gasteiger partial charge in [-0.1, -0.05) is 5.16 Å². The van der Waals surface area contributed by atoms with Crippen LogP contribution in [0.1, 0.15) is 21.8 Å². The SMILES string of the molecule is COc1ccc(C(=O)N(C)Cc2cc(C)on2)c(O)c1. The molecule has 0 atom stereocenters. The Morgan fingerprint density at radius 2 is 2.20 bits per heavy atom. The monoisotopic (exact) mass is 276 g/mol. The van der Waals surface area contributed by atoms with Gasteiger partial charge in [0.2, 0.25) is 0 Å². The Morgan fingerprint density at radius 3 is 2.75 bits per heavy atom. The fraction of sp³-hybridized carbons (Fsp3) is 0.286. The number of aromatic hydroxyl groups is 1. The van der Waals surface area contributed by atoms with E-state index in [1.54, 1.807) is 26.1 Å². The summed E-state index contributed by atoms with van der Waals surface area (Å²) in [6, 6.07) is 6.32. The number of hydrogen-bond donors (Lipinski definition) is 1. The second-order valence-electron chi connectivity index (χ2n) is 4.47. The second-order valence-corrected chi connectivity index (χ2v) is 4.47. The lowest BCUT2D eigenvalue weighted by Crippen LogP contribution is -2.26. The summed E-state index contributed by atoms with van der Waals surface area (Å²) in [7, 11) is 3.13. The lowest BCUT2D eigenvalue weighted by Gasteiger charge is -2.16. The molecule has 106 valence electrons. The van der Waals surface area contributed by atoms with Crippen molar-refractivity contribution in [1.82, 2.24) is 10.1 Å². The Morgan fingerprint density at radius 1 is 1.45 bits per heavy atom. The first-order valence-corrected chi connectivity index (χ1v) is 6.06. The van der Waals surface area contributed by atoms with Gasteiger partial charge in [-0.25, -0.2) is 0 Å². The average Bonchev–Trinajstić information content (AvgIpc) is 2.83. The van der Waals surface area contributed by atoms with Gasteiger partial charge in [-0.3, -0.25) is 4.79 Å². The van der Waals surface area contributed by atoms with Crippen LogP contribution < -0.4 is 4.74 Å². The van der Waals surface area contributed by atoms with Crippen LogP contribution >= 0.6 is 0 Å². The lowest BCUT2D eigenvalue weighted by atomic mass is 10.1. The Kier molecular flexibility index (Phi) is 3.93. The number of amides is 1. The Hall–Kier alpha value is -2.50. The summed E-state index contributed by atoms with van der Waals surface area (Å²) in [5.41, 5.74) is 0.875. The van der Waals surface area contributed by atoms with Crippen LogP contribution in [0, 0.1) is 6.92 Å². The van der Waals surface area contributed by atoms with Gasteiger partial charge < -0.3 is 19.3 Å². The van der Waals surface area contributed by atoms with Crippen LogP contribution in [0.5, 0.6) is 11.5 Å². The molecule has 0 radical (unpaired) electrons. The number of aryl methyl sites for hydroxylation is 1. The molecular weight excluding hydrogens is 260 g/mol. The number of phenolic OH excluding ortho intramolecular Hbond substituents is 1. The van der Waals surface area contributed by atoms with E-state index in [-0.39, 0.29) is 17.2 Å². The summed E-state index contributed by atoms with van der Waals surface area (Å²) in [4.78, 5) is 13.7. The van der Waals surface area contributed by atoms with Crippen molar-refractivity contribution in [1.29, 1.82) is 0 Å². The highest BCUT2D eigenvalue weighted by molar-refractivity contribution is 5.96. The van der Waals surface area contributed by atoms with Crippen LogP contribution in [0.25, 0.3) is 0 Å². The van der Waals surface area contributed by atoms with E-state index in [4.69, 9.17) is 9.26 Å². The van der Waals surface area contributed by atoms with Gasteiger partial charge in [-0.2, -0.15) is 0 Å². The zero-order chi connectivity index (χ0) is 14.7. The third kappa shape index (κ3) is 2.90. The molecule has 0 unspecified atom stereocenters. The number of phenols is 1. The van der Waals surface area contributed by atoms with Crippen molar-refractivity contribution in [3.63, 3.8) is 0 Å². The minimum Gasteiger partial charge on any atom is -0.507 e. The molecule has 0 saturated carbocycles. The number of ether oxygens (including phenoxy) is 1. The lowest BCUT2D eigenvalue weighted by molar-refractivity contribution is 0.0779. The molecule has 2 aromatic rings. The Balaban J connectivity index is 2.14. The van der Waals surface area contributed by atoms with Crippen LogP contribution in [0.3, 0.4) is 0 Å². The van der Waals surface area contributed by atoms with E-state index < -0.39 is 0 Å². The molecule has 1 aromatic carbocycles. The van der Waals surface area contributed by atoms with E-state index in [1.807, 2.05) is 0 Å². The van der Waals surface area contributed by atoms with Crippen molar-refractivity contribution in [2.24, 2.45) is 0 Å². The Bertz CT molecular complexity index is 621. The first kappa shape index (κ1) is 13.9. The summed E-state index contributed by atoms with van der Waals surface area (Å²) in [5, 5.41) is 13.7. The highest BCUT2D eigenvalue weighted by Gasteiger charge is 2.17. The minimum absolute atomic E-state index is 0.113. The first-order chi connectivity index (χ1) is 9.51. The average molecular weight is 276 g/mol. The van der Waals surface area contributed by atoms with Crippen molar-refractivity contribution in [3.8, 4) is 11.5 Å². The van der Waals surface area contributed by atoms with Gasteiger partial charge in [-0.15, -0.1) is 0 Å². The van der Waals surface area contributed by atoms with E-state index in [0.29, 0.717) is 23.7 Å². The fourth-order valence-electron chi connectivity index (χ4n) is 1.83. The molecular formula is C14H16N2O4. The third-order valence-corrected chi connectivity index (χ3v) is 2.86. The zero-order valence-corrected chi connectivity index (χ0v) is 11.6. The predicted molar refractivity (Wildman–Crippen MR) is 71.7 cm³/mol. The maximum Gasteiger partial charge on any atom is 0.257 e. The number of hydrogen-bond acceptors (Lipinski definition) is 5. The van der Waals surface area contributed by atoms with Crippen molar-refractivity contribution < 1.29 is 19.2 Å². The van der Waals surface area contributed by atoms with E-state index >= 15 is 0 Å². The number of aromatic nitrogens is 1. The van der Waals surface area contributed by atoms with Gasteiger partial charge in [0.05, 0.1) is 19.2 Å². The van der Waals surface area contributed by atoms with Crippen LogP contribution in [0.4, 0.5) is 0 Å². The molecule has 0 bridgehead atoms.